The van der Waals surface area contributed by atoms with Gasteiger partial charge in [-0.1, -0.05) is 33.3 Å². The van der Waals surface area contributed by atoms with Gasteiger partial charge in [0.1, 0.15) is 17.9 Å². The highest BCUT2D eigenvalue weighted by molar-refractivity contribution is 5.45. The molecule has 1 aromatic carbocycles. The molecule has 0 amide bonds. The van der Waals surface area contributed by atoms with Crippen LogP contribution in [0, 0.1) is 36.0 Å². The zero-order valence-corrected chi connectivity index (χ0v) is 13.0. The maximum atomic E-state index is 9.24. The first kappa shape index (κ1) is 14.9. The van der Waals surface area contributed by atoms with Gasteiger partial charge in [0.05, 0.1) is 5.56 Å². The van der Waals surface area contributed by atoms with E-state index in [1.54, 1.807) is 0 Å². The molecule has 2 heteroatoms. The maximum absolute atomic E-state index is 9.24. The lowest BCUT2D eigenvalue weighted by Gasteiger charge is -2.37. The Kier molecular flexibility index (Phi) is 4.70. The lowest BCUT2D eigenvalue weighted by Crippen LogP contribution is -2.36. The minimum absolute atomic E-state index is 0.243. The first-order valence-electron chi connectivity index (χ1n) is 7.68. The second-order valence-electron chi connectivity index (χ2n) is 6.59. The number of aryl methyl sites for hydroxylation is 1. The smallest absolute Gasteiger partial charge is 0.137 e. The number of hydrogen-bond donors (Lipinski definition) is 0. The van der Waals surface area contributed by atoms with Gasteiger partial charge in [-0.3, -0.25) is 0 Å². The van der Waals surface area contributed by atoms with Crippen molar-refractivity contribution in [2.75, 3.05) is 0 Å². The number of ether oxygens (including phenoxy) is 1. The lowest BCUT2D eigenvalue weighted by atomic mass is 9.75. The third-order valence-electron chi connectivity index (χ3n) is 4.50. The highest BCUT2D eigenvalue weighted by Crippen LogP contribution is 2.36. The Bertz CT molecular complexity index is 501. The average Bonchev–Trinajstić information content (AvgIpc) is 2.38. The van der Waals surface area contributed by atoms with Gasteiger partial charge >= 0.3 is 0 Å². The molecule has 1 aliphatic carbocycles. The fourth-order valence-corrected chi connectivity index (χ4v) is 3.23. The molecule has 1 fully saturated rings. The van der Waals surface area contributed by atoms with Crippen LogP contribution in [0.1, 0.15) is 51.2 Å². The average molecular weight is 271 g/mol. The molecule has 0 spiro atoms. The Morgan fingerprint density at radius 3 is 2.70 bits per heavy atom. The van der Waals surface area contributed by atoms with E-state index in [1.165, 1.54) is 12.8 Å². The van der Waals surface area contributed by atoms with E-state index in [0.29, 0.717) is 23.3 Å². The molecule has 20 heavy (non-hydrogen) atoms. The molecule has 3 unspecified atom stereocenters. The van der Waals surface area contributed by atoms with Crippen molar-refractivity contribution >= 4 is 0 Å². The van der Waals surface area contributed by atoms with Crippen LogP contribution < -0.4 is 4.74 Å². The molecule has 0 aromatic heterocycles. The Hall–Kier alpha value is -1.49. The second kappa shape index (κ2) is 6.31. The van der Waals surface area contributed by atoms with Crippen molar-refractivity contribution in [1.29, 1.82) is 5.26 Å². The van der Waals surface area contributed by atoms with E-state index in [9.17, 15) is 5.26 Å². The zero-order valence-electron chi connectivity index (χ0n) is 13.0. The van der Waals surface area contributed by atoms with Crippen LogP contribution >= 0.6 is 0 Å². The Balaban J connectivity index is 2.22. The van der Waals surface area contributed by atoms with Crippen LogP contribution in [0.25, 0.3) is 0 Å². The van der Waals surface area contributed by atoms with Crippen LogP contribution in [0.2, 0.25) is 0 Å². The molecule has 1 saturated carbocycles. The van der Waals surface area contributed by atoms with Crippen molar-refractivity contribution in [3.8, 4) is 11.8 Å². The van der Waals surface area contributed by atoms with Gasteiger partial charge in [0.2, 0.25) is 0 Å². The summed E-state index contributed by atoms with van der Waals surface area (Å²) in [5.74, 6) is 2.70. The zero-order chi connectivity index (χ0) is 14.7. The number of nitriles is 1. The number of rotatable bonds is 3. The van der Waals surface area contributed by atoms with E-state index in [2.05, 4.69) is 26.8 Å². The van der Waals surface area contributed by atoms with E-state index < -0.39 is 0 Å². The van der Waals surface area contributed by atoms with Crippen LogP contribution in [-0.2, 0) is 0 Å². The van der Waals surface area contributed by atoms with Crippen molar-refractivity contribution < 1.29 is 4.74 Å². The van der Waals surface area contributed by atoms with E-state index in [1.807, 2.05) is 25.1 Å². The predicted molar refractivity (Wildman–Crippen MR) is 81.7 cm³/mol. The number of benzene rings is 1. The van der Waals surface area contributed by atoms with Gasteiger partial charge in [-0.15, -0.1) is 0 Å². The van der Waals surface area contributed by atoms with Gasteiger partial charge in [-0.05, 0) is 55.2 Å². The largest absolute Gasteiger partial charge is 0.489 e. The maximum Gasteiger partial charge on any atom is 0.137 e. The third kappa shape index (κ3) is 3.33. The minimum Gasteiger partial charge on any atom is -0.489 e. The molecule has 0 bridgehead atoms. The molecule has 1 aromatic rings. The van der Waals surface area contributed by atoms with Crippen molar-refractivity contribution in [2.24, 2.45) is 17.8 Å². The summed E-state index contributed by atoms with van der Waals surface area (Å²) >= 11 is 0. The summed E-state index contributed by atoms with van der Waals surface area (Å²) in [5, 5.41) is 9.24. The first-order valence-corrected chi connectivity index (χ1v) is 7.68. The monoisotopic (exact) mass is 271 g/mol. The molecule has 0 N–H and O–H groups in total. The van der Waals surface area contributed by atoms with E-state index in [4.69, 9.17) is 4.74 Å². The summed E-state index contributed by atoms with van der Waals surface area (Å²) in [6, 6.07) is 8.07. The van der Waals surface area contributed by atoms with Gasteiger partial charge in [0.15, 0.2) is 0 Å². The summed E-state index contributed by atoms with van der Waals surface area (Å²) in [5.41, 5.74) is 1.79. The number of nitrogens with zero attached hydrogens (tertiary/aromatic N) is 1. The molecule has 3 atom stereocenters. The van der Waals surface area contributed by atoms with E-state index in [0.717, 1.165) is 17.7 Å². The summed E-state index contributed by atoms with van der Waals surface area (Å²) in [6.45, 7) is 8.89. The van der Waals surface area contributed by atoms with Crippen LogP contribution in [0.5, 0.6) is 5.75 Å². The molecule has 0 radical (unpaired) electrons. The molecule has 0 saturated heterocycles. The van der Waals surface area contributed by atoms with Crippen molar-refractivity contribution in [2.45, 2.75) is 53.1 Å². The van der Waals surface area contributed by atoms with Crippen molar-refractivity contribution in [1.82, 2.24) is 0 Å². The van der Waals surface area contributed by atoms with E-state index >= 15 is 0 Å². The SMILES string of the molecule is Cc1ccc(C#N)c(OC2CC(C)CCC2C(C)C)c1. The summed E-state index contributed by atoms with van der Waals surface area (Å²) < 4.78 is 6.28. The van der Waals surface area contributed by atoms with Gasteiger partial charge in [-0.2, -0.15) is 5.26 Å². The van der Waals surface area contributed by atoms with Crippen LogP contribution in [0.4, 0.5) is 0 Å². The van der Waals surface area contributed by atoms with Gasteiger partial charge in [0, 0.05) is 0 Å². The van der Waals surface area contributed by atoms with Crippen LogP contribution in [-0.4, -0.2) is 6.10 Å². The molecule has 0 heterocycles. The normalized spacial score (nSPS) is 26.3. The Labute approximate surface area is 122 Å². The van der Waals surface area contributed by atoms with Gasteiger partial charge in [0.25, 0.3) is 0 Å². The fourth-order valence-electron chi connectivity index (χ4n) is 3.23. The molecular weight excluding hydrogens is 246 g/mol. The van der Waals surface area contributed by atoms with Crippen molar-refractivity contribution in [3.63, 3.8) is 0 Å². The highest BCUT2D eigenvalue weighted by Gasteiger charge is 2.32. The summed E-state index contributed by atoms with van der Waals surface area (Å²) in [6.07, 6.45) is 3.87. The molecule has 2 rings (SSSR count). The molecule has 1 aliphatic rings. The topological polar surface area (TPSA) is 33.0 Å². The summed E-state index contributed by atoms with van der Waals surface area (Å²) in [7, 11) is 0. The van der Waals surface area contributed by atoms with Crippen LogP contribution in [0.15, 0.2) is 18.2 Å². The Morgan fingerprint density at radius 2 is 2.05 bits per heavy atom. The predicted octanol–water partition coefficient (Wildman–Crippen LogP) is 4.71. The van der Waals surface area contributed by atoms with E-state index in [-0.39, 0.29) is 6.10 Å². The molecular formula is C18H25NO. The molecule has 108 valence electrons. The number of hydrogen-bond acceptors (Lipinski definition) is 2. The fraction of sp³-hybridized carbons (Fsp3) is 0.611. The van der Waals surface area contributed by atoms with Crippen molar-refractivity contribution in [3.05, 3.63) is 29.3 Å². The molecule has 0 aliphatic heterocycles. The second-order valence-corrected chi connectivity index (χ2v) is 6.59. The minimum atomic E-state index is 0.243. The Morgan fingerprint density at radius 1 is 1.30 bits per heavy atom. The molecule has 2 nitrogen and oxygen atoms in total. The standard InChI is InChI=1S/C18H25NO/c1-12(2)16-8-6-14(4)10-18(16)20-17-9-13(3)5-7-15(17)11-19/h5,7,9,12,14,16,18H,6,8,10H2,1-4H3. The quantitative estimate of drug-likeness (QED) is 0.798. The van der Waals surface area contributed by atoms with Gasteiger partial charge < -0.3 is 4.74 Å². The lowest BCUT2D eigenvalue weighted by molar-refractivity contribution is 0.0458. The highest BCUT2D eigenvalue weighted by atomic mass is 16.5. The third-order valence-corrected chi connectivity index (χ3v) is 4.50. The summed E-state index contributed by atoms with van der Waals surface area (Å²) in [4.78, 5) is 0. The van der Waals surface area contributed by atoms with Gasteiger partial charge in [-0.25, -0.2) is 0 Å². The van der Waals surface area contributed by atoms with Crippen LogP contribution in [0.3, 0.4) is 0 Å². The first-order chi connectivity index (χ1) is 9.51.